The second-order valence-corrected chi connectivity index (χ2v) is 3.47. The zero-order chi connectivity index (χ0) is 14.4. The predicted molar refractivity (Wildman–Crippen MR) is 61.7 cm³/mol. The van der Waals surface area contributed by atoms with Crippen molar-refractivity contribution in [2.45, 2.75) is 6.42 Å². The first-order chi connectivity index (χ1) is 8.95. The third-order valence-electron chi connectivity index (χ3n) is 2.10. The number of nitro benzene ring substituents is 2. The van der Waals surface area contributed by atoms with Crippen molar-refractivity contribution in [1.82, 2.24) is 0 Å². The van der Waals surface area contributed by atoms with Gasteiger partial charge in [0, 0.05) is 25.2 Å². The fourth-order valence-electron chi connectivity index (χ4n) is 1.24. The Morgan fingerprint density at radius 1 is 1.16 bits per heavy atom. The number of nitro groups is 2. The summed E-state index contributed by atoms with van der Waals surface area (Å²) < 4.78 is 4.69. The number of rotatable bonds is 6. The molecule has 0 heterocycles. The summed E-state index contributed by atoms with van der Waals surface area (Å²) in [7, 11) is 0. The fraction of sp³-hybridized carbons (Fsp3) is 0.300. The van der Waals surface area contributed by atoms with Crippen molar-refractivity contribution in [2.24, 2.45) is 0 Å². The maximum atomic E-state index is 11.5. The smallest absolute Gasteiger partial charge is 0.338 e. The van der Waals surface area contributed by atoms with Gasteiger partial charge in [-0.1, -0.05) is 0 Å². The lowest BCUT2D eigenvalue weighted by molar-refractivity contribution is -0.394. The molecule has 0 radical (unpaired) electrons. The van der Waals surface area contributed by atoms with Gasteiger partial charge >= 0.3 is 5.97 Å². The topological polar surface area (TPSA) is 133 Å². The molecule has 1 rings (SSSR count). The molecule has 0 bridgehead atoms. The second kappa shape index (κ2) is 6.40. The van der Waals surface area contributed by atoms with Gasteiger partial charge in [-0.3, -0.25) is 20.2 Å². The highest BCUT2D eigenvalue weighted by Crippen LogP contribution is 2.23. The third kappa shape index (κ3) is 4.00. The highest BCUT2D eigenvalue weighted by atomic mass is 16.6. The monoisotopic (exact) mass is 270 g/mol. The van der Waals surface area contributed by atoms with Gasteiger partial charge in [0.1, 0.15) is 0 Å². The van der Waals surface area contributed by atoms with Gasteiger partial charge in [-0.15, -0.1) is 0 Å². The first-order valence-electron chi connectivity index (χ1n) is 5.17. The van der Waals surface area contributed by atoms with Gasteiger partial charge < -0.3 is 9.84 Å². The van der Waals surface area contributed by atoms with Gasteiger partial charge in [0.15, 0.2) is 0 Å². The molecule has 9 heteroatoms. The van der Waals surface area contributed by atoms with Crippen molar-refractivity contribution in [3.05, 3.63) is 44.0 Å². The molecule has 0 aromatic heterocycles. The molecule has 0 unspecified atom stereocenters. The number of aliphatic hydroxyl groups is 1. The van der Waals surface area contributed by atoms with Crippen LogP contribution in [0.3, 0.4) is 0 Å². The molecule has 102 valence electrons. The predicted octanol–water partition coefficient (Wildman–Crippen LogP) is 1.04. The number of hydrogen-bond acceptors (Lipinski definition) is 7. The molecular formula is C10H10N2O7. The van der Waals surface area contributed by atoms with Crippen LogP contribution in [-0.4, -0.2) is 34.1 Å². The van der Waals surface area contributed by atoms with Crippen LogP contribution >= 0.6 is 0 Å². The number of non-ortho nitro benzene ring substituents is 2. The quantitative estimate of drug-likeness (QED) is 0.353. The summed E-state index contributed by atoms with van der Waals surface area (Å²) in [5, 5.41) is 29.7. The molecule has 0 amide bonds. The van der Waals surface area contributed by atoms with Gasteiger partial charge in [0.2, 0.25) is 0 Å². The Morgan fingerprint density at radius 3 is 2.11 bits per heavy atom. The molecule has 1 N–H and O–H groups in total. The Morgan fingerprint density at radius 2 is 1.68 bits per heavy atom. The molecule has 0 atom stereocenters. The summed E-state index contributed by atoms with van der Waals surface area (Å²) >= 11 is 0. The van der Waals surface area contributed by atoms with E-state index in [2.05, 4.69) is 0 Å². The molecule has 0 spiro atoms. The van der Waals surface area contributed by atoms with Crippen molar-refractivity contribution in [3.63, 3.8) is 0 Å². The van der Waals surface area contributed by atoms with E-state index < -0.39 is 27.2 Å². The molecule has 1 aromatic rings. The summed E-state index contributed by atoms with van der Waals surface area (Å²) in [6.07, 6.45) is 0.211. The first-order valence-corrected chi connectivity index (χ1v) is 5.17. The van der Waals surface area contributed by atoms with E-state index >= 15 is 0 Å². The van der Waals surface area contributed by atoms with Gasteiger partial charge in [0.05, 0.1) is 28.1 Å². The van der Waals surface area contributed by atoms with Crippen molar-refractivity contribution < 1.29 is 24.5 Å². The number of hydrogen-bond donors (Lipinski definition) is 1. The molecule has 0 saturated heterocycles. The maximum Gasteiger partial charge on any atom is 0.338 e. The summed E-state index contributed by atoms with van der Waals surface area (Å²) in [5.74, 6) is -0.916. The molecule has 1 aromatic carbocycles. The third-order valence-corrected chi connectivity index (χ3v) is 2.10. The Kier molecular flexibility index (Phi) is 4.89. The van der Waals surface area contributed by atoms with Crippen molar-refractivity contribution in [1.29, 1.82) is 0 Å². The number of esters is 1. The van der Waals surface area contributed by atoms with E-state index in [4.69, 9.17) is 9.84 Å². The van der Waals surface area contributed by atoms with E-state index in [-0.39, 0.29) is 25.2 Å². The Balaban J connectivity index is 3.02. The summed E-state index contributed by atoms with van der Waals surface area (Å²) in [6.45, 7) is -0.256. The number of ether oxygens (including phenoxy) is 1. The lowest BCUT2D eigenvalue weighted by atomic mass is 10.2. The van der Waals surface area contributed by atoms with Crippen LogP contribution in [-0.2, 0) is 4.74 Å². The zero-order valence-electron chi connectivity index (χ0n) is 9.64. The number of carbonyl (C=O) groups excluding carboxylic acids is 1. The molecule has 0 fully saturated rings. The highest BCUT2D eigenvalue weighted by Gasteiger charge is 2.20. The average molecular weight is 270 g/mol. The van der Waals surface area contributed by atoms with Crippen LogP contribution in [0.4, 0.5) is 11.4 Å². The van der Waals surface area contributed by atoms with E-state index in [1.165, 1.54) is 0 Å². The van der Waals surface area contributed by atoms with Crippen molar-refractivity contribution in [3.8, 4) is 0 Å². The maximum absolute atomic E-state index is 11.5. The number of carbonyl (C=O) groups is 1. The van der Waals surface area contributed by atoms with Gasteiger partial charge in [-0.05, 0) is 0 Å². The largest absolute Gasteiger partial charge is 0.462 e. The van der Waals surface area contributed by atoms with E-state index in [0.717, 1.165) is 18.2 Å². The van der Waals surface area contributed by atoms with E-state index in [9.17, 15) is 25.0 Å². The van der Waals surface area contributed by atoms with Crippen LogP contribution in [0, 0.1) is 20.2 Å². The van der Waals surface area contributed by atoms with E-state index in [0.29, 0.717) is 0 Å². The molecule has 9 nitrogen and oxygen atoms in total. The van der Waals surface area contributed by atoms with Crippen LogP contribution < -0.4 is 0 Å². The standard InChI is InChI=1S/C10H10N2O7/c13-2-1-3-19-10(14)7-4-8(11(15)16)6-9(5-7)12(17)18/h4-6,13H,1-3H2. The van der Waals surface area contributed by atoms with Gasteiger partial charge in [-0.25, -0.2) is 4.79 Å². The Bertz CT molecular complexity index is 482. The summed E-state index contributed by atoms with van der Waals surface area (Å²) in [5.41, 5.74) is -1.41. The van der Waals surface area contributed by atoms with Crippen molar-refractivity contribution in [2.75, 3.05) is 13.2 Å². The summed E-state index contributed by atoms with van der Waals surface area (Å²) in [6, 6.07) is 2.55. The lowest BCUT2D eigenvalue weighted by Gasteiger charge is -2.03. The van der Waals surface area contributed by atoms with Crippen molar-refractivity contribution >= 4 is 17.3 Å². The van der Waals surface area contributed by atoms with Crippen LogP contribution in [0.1, 0.15) is 16.8 Å². The highest BCUT2D eigenvalue weighted by molar-refractivity contribution is 5.91. The normalized spacial score (nSPS) is 9.95. The number of aliphatic hydroxyl groups excluding tert-OH is 1. The fourth-order valence-corrected chi connectivity index (χ4v) is 1.24. The van der Waals surface area contributed by atoms with Crippen LogP contribution in [0.2, 0.25) is 0 Å². The Hall–Kier alpha value is -2.55. The average Bonchev–Trinajstić information content (AvgIpc) is 2.38. The van der Waals surface area contributed by atoms with Crippen LogP contribution in [0.25, 0.3) is 0 Å². The second-order valence-electron chi connectivity index (χ2n) is 3.47. The minimum atomic E-state index is -0.916. The minimum Gasteiger partial charge on any atom is -0.462 e. The van der Waals surface area contributed by atoms with Crippen LogP contribution in [0.15, 0.2) is 18.2 Å². The lowest BCUT2D eigenvalue weighted by Crippen LogP contribution is -2.08. The minimum absolute atomic E-state index is 0.0776. The van der Waals surface area contributed by atoms with E-state index in [1.807, 2.05) is 0 Å². The Labute approximate surface area is 106 Å². The first kappa shape index (κ1) is 14.5. The number of nitrogens with zero attached hydrogens (tertiary/aromatic N) is 2. The molecule has 0 saturated carbocycles. The van der Waals surface area contributed by atoms with Gasteiger partial charge in [-0.2, -0.15) is 0 Å². The summed E-state index contributed by atoms with van der Waals surface area (Å²) in [4.78, 5) is 31.1. The SMILES string of the molecule is O=C(OCCCO)c1cc([N+](=O)[O-])cc([N+](=O)[O-])c1. The van der Waals surface area contributed by atoms with E-state index in [1.54, 1.807) is 0 Å². The van der Waals surface area contributed by atoms with Gasteiger partial charge in [0.25, 0.3) is 11.4 Å². The molecule has 0 aliphatic heterocycles. The van der Waals surface area contributed by atoms with Crippen LogP contribution in [0.5, 0.6) is 0 Å². The zero-order valence-corrected chi connectivity index (χ0v) is 9.64. The number of benzene rings is 1. The molecule has 0 aliphatic carbocycles. The molecule has 0 aliphatic rings. The molecule has 19 heavy (non-hydrogen) atoms. The molecular weight excluding hydrogens is 260 g/mol.